The monoisotopic (exact) mass is 301 g/mol. The van der Waals surface area contributed by atoms with Gasteiger partial charge in [0, 0.05) is 13.1 Å². The van der Waals surface area contributed by atoms with Crippen LogP contribution in [0.5, 0.6) is 0 Å². The summed E-state index contributed by atoms with van der Waals surface area (Å²) < 4.78 is 20.4. The zero-order chi connectivity index (χ0) is 15.3. The third-order valence-electron chi connectivity index (χ3n) is 3.25. The first-order valence-corrected chi connectivity index (χ1v) is 6.88. The summed E-state index contributed by atoms with van der Waals surface area (Å²) in [6.45, 7) is 8.92. The van der Waals surface area contributed by atoms with E-state index in [0.29, 0.717) is 18.8 Å². The molecule has 1 heterocycles. The van der Waals surface area contributed by atoms with Gasteiger partial charge in [-0.3, -0.25) is 0 Å². The summed E-state index contributed by atoms with van der Waals surface area (Å²) in [5.41, 5.74) is 11.5. The fraction of sp³-hybridized carbons (Fsp3) is 0.571. The van der Waals surface area contributed by atoms with E-state index in [-0.39, 0.29) is 16.4 Å². The lowest BCUT2D eigenvalue weighted by Crippen LogP contribution is -2.57. The van der Waals surface area contributed by atoms with Crippen molar-refractivity contribution in [2.24, 2.45) is 0 Å². The lowest BCUT2D eigenvalue weighted by Gasteiger charge is -2.48. The van der Waals surface area contributed by atoms with Crippen molar-refractivity contribution >= 4 is 28.7 Å². The van der Waals surface area contributed by atoms with Gasteiger partial charge in [-0.25, -0.2) is 4.39 Å². The molecule has 4 N–H and O–H groups in total. The van der Waals surface area contributed by atoms with Gasteiger partial charge in [-0.05, 0) is 33.8 Å². The largest absolute Gasteiger partial charge is 0.397 e. The highest BCUT2D eigenvalue weighted by atomic mass is 35.5. The number of nitrogens with two attached hydrogens (primary N) is 2. The smallest absolute Gasteiger partial charge is 0.169 e. The number of halogens is 2. The van der Waals surface area contributed by atoms with Crippen LogP contribution in [0.1, 0.15) is 27.7 Å². The number of anilines is 3. The molecule has 0 amide bonds. The van der Waals surface area contributed by atoms with Crippen LogP contribution in [0.2, 0.25) is 5.02 Å². The first-order valence-electron chi connectivity index (χ1n) is 6.50. The minimum absolute atomic E-state index is 0.0868. The molecule has 0 spiro atoms. The number of hydrogen-bond acceptors (Lipinski definition) is 4. The van der Waals surface area contributed by atoms with Crippen molar-refractivity contribution in [3.63, 3.8) is 0 Å². The van der Waals surface area contributed by atoms with Crippen molar-refractivity contribution in [1.82, 2.24) is 0 Å². The number of benzene rings is 1. The van der Waals surface area contributed by atoms with Crippen molar-refractivity contribution in [1.29, 1.82) is 0 Å². The van der Waals surface area contributed by atoms with Crippen LogP contribution in [0.25, 0.3) is 0 Å². The van der Waals surface area contributed by atoms with Gasteiger partial charge in [-0.1, -0.05) is 11.6 Å². The van der Waals surface area contributed by atoms with E-state index in [2.05, 4.69) is 0 Å². The van der Waals surface area contributed by atoms with Gasteiger partial charge in [0.2, 0.25) is 0 Å². The number of rotatable bonds is 1. The molecule has 1 fully saturated rings. The Balaban J connectivity index is 2.49. The Morgan fingerprint density at radius 2 is 1.65 bits per heavy atom. The van der Waals surface area contributed by atoms with Crippen LogP contribution in [0, 0.1) is 5.82 Å². The molecule has 20 heavy (non-hydrogen) atoms. The maximum absolute atomic E-state index is 14.4. The van der Waals surface area contributed by atoms with Crippen molar-refractivity contribution in [2.45, 2.75) is 38.9 Å². The predicted octanol–water partition coefficient (Wildman–Crippen LogP) is 3.04. The fourth-order valence-electron chi connectivity index (χ4n) is 2.92. The lowest BCUT2D eigenvalue weighted by molar-refractivity contribution is -0.133. The molecule has 0 bridgehead atoms. The Morgan fingerprint density at radius 3 is 2.15 bits per heavy atom. The summed E-state index contributed by atoms with van der Waals surface area (Å²) in [5, 5.41) is -0.0868. The highest BCUT2D eigenvalue weighted by Crippen LogP contribution is 2.40. The van der Waals surface area contributed by atoms with Crippen LogP contribution in [-0.2, 0) is 4.74 Å². The predicted molar refractivity (Wildman–Crippen MR) is 81.7 cm³/mol. The van der Waals surface area contributed by atoms with E-state index in [1.54, 1.807) is 0 Å². The number of hydrogen-bond donors (Lipinski definition) is 2. The van der Waals surface area contributed by atoms with Gasteiger partial charge in [-0.2, -0.15) is 0 Å². The van der Waals surface area contributed by atoms with Gasteiger partial charge in [0.15, 0.2) is 5.82 Å². The second kappa shape index (κ2) is 4.67. The molecule has 1 aromatic rings. The lowest BCUT2D eigenvalue weighted by atomic mass is 9.98. The second-order valence-electron chi connectivity index (χ2n) is 6.51. The normalized spacial score (nSPS) is 21.0. The molecule has 4 nitrogen and oxygen atoms in total. The quantitative estimate of drug-likeness (QED) is 0.783. The average molecular weight is 302 g/mol. The van der Waals surface area contributed by atoms with Crippen molar-refractivity contribution < 1.29 is 9.13 Å². The van der Waals surface area contributed by atoms with E-state index in [0.717, 1.165) is 0 Å². The van der Waals surface area contributed by atoms with Crippen LogP contribution in [0.4, 0.5) is 21.5 Å². The average Bonchev–Trinajstić information content (AvgIpc) is 2.21. The summed E-state index contributed by atoms with van der Waals surface area (Å²) in [6, 6.07) is 1.50. The number of nitrogen functional groups attached to an aromatic ring is 2. The Kier molecular flexibility index (Phi) is 3.55. The molecule has 1 aromatic carbocycles. The Morgan fingerprint density at radius 1 is 1.15 bits per heavy atom. The Hall–Kier alpha value is -1.20. The first kappa shape index (κ1) is 15.2. The molecule has 0 saturated carbocycles. The topological polar surface area (TPSA) is 64.5 Å². The van der Waals surface area contributed by atoms with Crippen LogP contribution in [0.3, 0.4) is 0 Å². The zero-order valence-corrected chi connectivity index (χ0v) is 13.0. The molecule has 0 radical (unpaired) electrons. The first-order chi connectivity index (χ1) is 9.02. The zero-order valence-electron chi connectivity index (χ0n) is 12.3. The molecule has 0 aromatic heterocycles. The standard InChI is InChI=1S/C14H21ClFN3O/c1-13(2)6-19(7-14(3,4)20-13)12-9(18)5-8(17)10(15)11(12)16/h5H,6-7,17-18H2,1-4H3. The Labute approximate surface area is 123 Å². The highest BCUT2D eigenvalue weighted by Gasteiger charge is 2.39. The molecule has 0 unspecified atom stereocenters. The third kappa shape index (κ3) is 2.79. The number of morpholine rings is 1. The summed E-state index contributed by atoms with van der Waals surface area (Å²) >= 11 is 5.90. The van der Waals surface area contributed by atoms with E-state index < -0.39 is 17.0 Å². The van der Waals surface area contributed by atoms with Crippen LogP contribution < -0.4 is 16.4 Å². The minimum atomic E-state index is -0.572. The van der Waals surface area contributed by atoms with Gasteiger partial charge in [0.25, 0.3) is 0 Å². The molecule has 2 rings (SSSR count). The highest BCUT2D eigenvalue weighted by molar-refractivity contribution is 6.33. The molecule has 1 aliphatic heterocycles. The van der Waals surface area contributed by atoms with Gasteiger partial charge in [-0.15, -0.1) is 0 Å². The summed E-state index contributed by atoms with van der Waals surface area (Å²) in [4.78, 5) is 1.87. The molecule has 112 valence electrons. The van der Waals surface area contributed by atoms with Crippen LogP contribution >= 0.6 is 11.6 Å². The van der Waals surface area contributed by atoms with Crippen LogP contribution in [-0.4, -0.2) is 24.3 Å². The van der Waals surface area contributed by atoms with Gasteiger partial charge < -0.3 is 21.1 Å². The maximum atomic E-state index is 14.4. The van der Waals surface area contributed by atoms with Gasteiger partial charge in [0.1, 0.15) is 5.02 Å². The van der Waals surface area contributed by atoms with E-state index in [1.807, 2.05) is 32.6 Å². The second-order valence-corrected chi connectivity index (χ2v) is 6.89. The van der Waals surface area contributed by atoms with Crippen molar-refractivity contribution in [3.8, 4) is 0 Å². The summed E-state index contributed by atoms with van der Waals surface area (Å²) in [6.07, 6.45) is 0. The number of nitrogens with zero attached hydrogens (tertiary/aromatic N) is 1. The molecule has 0 atom stereocenters. The number of ether oxygens (including phenoxy) is 1. The van der Waals surface area contributed by atoms with Crippen LogP contribution in [0.15, 0.2) is 6.07 Å². The molecular weight excluding hydrogens is 281 g/mol. The van der Waals surface area contributed by atoms with E-state index in [1.165, 1.54) is 6.07 Å². The molecule has 0 aliphatic carbocycles. The fourth-order valence-corrected chi connectivity index (χ4v) is 3.07. The molecular formula is C14H21ClFN3O. The van der Waals surface area contributed by atoms with Crippen molar-refractivity contribution in [2.75, 3.05) is 29.5 Å². The van der Waals surface area contributed by atoms with Crippen molar-refractivity contribution in [3.05, 3.63) is 16.9 Å². The Bertz CT molecular complexity index is 530. The summed E-state index contributed by atoms with van der Waals surface area (Å²) in [5.74, 6) is -0.572. The molecule has 1 saturated heterocycles. The van der Waals surface area contributed by atoms with E-state index in [9.17, 15) is 4.39 Å². The van der Waals surface area contributed by atoms with Gasteiger partial charge >= 0.3 is 0 Å². The molecule has 1 aliphatic rings. The third-order valence-corrected chi connectivity index (χ3v) is 3.63. The minimum Gasteiger partial charge on any atom is -0.397 e. The van der Waals surface area contributed by atoms with Gasteiger partial charge in [0.05, 0.1) is 28.3 Å². The maximum Gasteiger partial charge on any atom is 0.169 e. The molecule has 6 heteroatoms. The van der Waals surface area contributed by atoms with E-state index >= 15 is 0 Å². The summed E-state index contributed by atoms with van der Waals surface area (Å²) in [7, 11) is 0. The van der Waals surface area contributed by atoms with E-state index in [4.69, 9.17) is 27.8 Å². The SMILES string of the molecule is CC1(C)CN(c2c(N)cc(N)c(Cl)c2F)CC(C)(C)O1.